The molecule has 0 N–H and O–H groups in total. The van der Waals surface area contributed by atoms with Gasteiger partial charge in [-0.2, -0.15) is 0 Å². The molecule has 0 heterocycles. The summed E-state index contributed by atoms with van der Waals surface area (Å²) in [7, 11) is 0. The molecule has 1 aromatic carbocycles. The van der Waals surface area contributed by atoms with Crippen LogP contribution in [0.4, 0.5) is 0 Å². The van der Waals surface area contributed by atoms with Crippen molar-refractivity contribution in [3.05, 3.63) is 66.3 Å². The van der Waals surface area contributed by atoms with Crippen LogP contribution in [0.1, 0.15) is 38.2 Å². The maximum atomic E-state index is 5.78. The number of benzene rings is 1. The zero-order chi connectivity index (χ0) is 13.5. The SMILES string of the molecule is CC[C@H](C)CCO[C]1C=CC(c2ccccc2)C=C1. The molecule has 1 nitrogen and oxygen atoms in total. The monoisotopic (exact) mass is 255 g/mol. The largest absolute Gasteiger partial charge is 0.363 e. The fraction of sp³-hybridized carbons (Fsp3) is 0.389. The van der Waals surface area contributed by atoms with E-state index < -0.39 is 0 Å². The summed E-state index contributed by atoms with van der Waals surface area (Å²) in [6, 6.07) is 10.5. The minimum absolute atomic E-state index is 0.378. The third-order valence-electron chi connectivity index (χ3n) is 3.70. The van der Waals surface area contributed by atoms with Crippen molar-refractivity contribution in [1.82, 2.24) is 0 Å². The van der Waals surface area contributed by atoms with E-state index in [9.17, 15) is 0 Å². The zero-order valence-corrected chi connectivity index (χ0v) is 11.9. The van der Waals surface area contributed by atoms with Crippen molar-refractivity contribution < 1.29 is 4.74 Å². The van der Waals surface area contributed by atoms with Crippen molar-refractivity contribution in [2.75, 3.05) is 6.61 Å². The molecule has 1 radical (unpaired) electrons. The average molecular weight is 255 g/mol. The summed E-state index contributed by atoms with van der Waals surface area (Å²) in [5.74, 6) is 1.12. The Morgan fingerprint density at radius 1 is 1.11 bits per heavy atom. The first kappa shape index (κ1) is 14.1. The van der Waals surface area contributed by atoms with Crippen LogP contribution in [-0.2, 0) is 4.74 Å². The normalized spacial score (nSPS) is 17.8. The minimum Gasteiger partial charge on any atom is -0.363 e. The molecule has 0 aliphatic heterocycles. The van der Waals surface area contributed by atoms with Gasteiger partial charge in [-0.15, -0.1) is 0 Å². The molecule has 1 atom stereocenters. The van der Waals surface area contributed by atoms with Crippen LogP contribution >= 0.6 is 0 Å². The summed E-state index contributed by atoms with van der Waals surface area (Å²) in [6.45, 7) is 5.31. The predicted molar refractivity (Wildman–Crippen MR) is 80.7 cm³/mol. The molecule has 0 amide bonds. The van der Waals surface area contributed by atoms with E-state index in [1.807, 2.05) is 0 Å². The van der Waals surface area contributed by atoms with Crippen molar-refractivity contribution in [1.29, 1.82) is 0 Å². The second kappa shape index (κ2) is 7.30. The quantitative estimate of drug-likeness (QED) is 0.704. The topological polar surface area (TPSA) is 9.23 Å². The average Bonchev–Trinajstić information content (AvgIpc) is 2.48. The zero-order valence-electron chi connectivity index (χ0n) is 11.9. The number of hydrogen-bond donors (Lipinski definition) is 0. The summed E-state index contributed by atoms with van der Waals surface area (Å²) in [5.41, 5.74) is 1.33. The van der Waals surface area contributed by atoms with Crippen LogP contribution < -0.4 is 0 Å². The summed E-state index contributed by atoms with van der Waals surface area (Å²) in [5, 5.41) is 0. The molecule has 1 heteroatoms. The van der Waals surface area contributed by atoms with E-state index in [1.165, 1.54) is 12.0 Å². The lowest BCUT2D eigenvalue weighted by atomic mass is 9.94. The van der Waals surface area contributed by atoms with E-state index >= 15 is 0 Å². The smallest absolute Gasteiger partial charge is 0.140 e. The Morgan fingerprint density at radius 2 is 1.79 bits per heavy atom. The molecule has 0 saturated heterocycles. The molecule has 2 rings (SSSR count). The van der Waals surface area contributed by atoms with E-state index in [0.29, 0.717) is 5.92 Å². The predicted octanol–water partition coefficient (Wildman–Crippen LogP) is 4.88. The summed E-state index contributed by atoms with van der Waals surface area (Å²) in [6.07, 6.45) is 11.9. The van der Waals surface area contributed by atoms with Gasteiger partial charge in [0.1, 0.15) is 6.10 Å². The molecule has 101 valence electrons. The van der Waals surface area contributed by atoms with Gasteiger partial charge in [0.2, 0.25) is 0 Å². The summed E-state index contributed by atoms with van der Waals surface area (Å²) >= 11 is 0. The van der Waals surface area contributed by atoms with Crippen LogP contribution in [0, 0.1) is 12.0 Å². The van der Waals surface area contributed by atoms with Gasteiger partial charge in [-0.05, 0) is 30.1 Å². The Morgan fingerprint density at radius 3 is 2.42 bits per heavy atom. The maximum absolute atomic E-state index is 5.78. The molecule has 1 aliphatic carbocycles. The van der Waals surface area contributed by atoms with Gasteiger partial charge >= 0.3 is 0 Å². The minimum atomic E-state index is 0.378. The number of hydrogen-bond acceptors (Lipinski definition) is 1. The highest BCUT2D eigenvalue weighted by atomic mass is 16.5. The van der Waals surface area contributed by atoms with Crippen LogP contribution in [0.25, 0.3) is 0 Å². The Bertz CT molecular complexity index is 405. The first-order valence-electron chi connectivity index (χ1n) is 7.20. The second-order valence-corrected chi connectivity index (χ2v) is 5.21. The molecule has 1 aromatic rings. The molecule has 19 heavy (non-hydrogen) atoms. The Kier molecular flexibility index (Phi) is 5.41. The summed E-state index contributed by atoms with van der Waals surface area (Å²) < 4.78 is 5.78. The molecule has 1 aliphatic rings. The molecule has 0 unspecified atom stereocenters. The van der Waals surface area contributed by atoms with E-state index in [2.05, 4.69) is 68.5 Å². The fourth-order valence-electron chi connectivity index (χ4n) is 2.09. The van der Waals surface area contributed by atoms with Crippen LogP contribution in [0.3, 0.4) is 0 Å². The highest BCUT2D eigenvalue weighted by Crippen LogP contribution is 2.26. The molecule has 0 spiro atoms. The van der Waals surface area contributed by atoms with Crippen molar-refractivity contribution in [3.8, 4) is 0 Å². The first-order valence-corrected chi connectivity index (χ1v) is 7.20. The van der Waals surface area contributed by atoms with Gasteiger partial charge in [-0.25, -0.2) is 0 Å². The Hall–Kier alpha value is -1.34. The standard InChI is InChI=1S/C18H23O/c1-3-15(2)13-14-19-18-11-9-17(10-12-18)16-7-5-4-6-8-16/h4-12,15,17H,3,13-14H2,1-2H3/t15-/m0/s1. The van der Waals surface area contributed by atoms with Crippen LogP contribution in [0.5, 0.6) is 0 Å². The van der Waals surface area contributed by atoms with Crippen molar-refractivity contribution in [2.24, 2.45) is 5.92 Å². The van der Waals surface area contributed by atoms with Gasteiger partial charge < -0.3 is 4.74 Å². The number of rotatable bonds is 6. The van der Waals surface area contributed by atoms with Crippen molar-refractivity contribution >= 4 is 0 Å². The van der Waals surface area contributed by atoms with Crippen LogP contribution in [-0.4, -0.2) is 6.61 Å². The lowest BCUT2D eigenvalue weighted by Crippen LogP contribution is -2.07. The van der Waals surface area contributed by atoms with Gasteiger partial charge in [0.05, 0.1) is 0 Å². The van der Waals surface area contributed by atoms with Gasteiger partial charge in [-0.1, -0.05) is 62.8 Å². The summed E-state index contributed by atoms with van der Waals surface area (Å²) in [4.78, 5) is 0. The molecule has 0 bridgehead atoms. The van der Waals surface area contributed by atoms with Gasteiger partial charge in [0.15, 0.2) is 0 Å². The number of allylic oxidation sites excluding steroid dienone is 2. The highest BCUT2D eigenvalue weighted by molar-refractivity contribution is 5.36. The van der Waals surface area contributed by atoms with E-state index in [-0.39, 0.29) is 0 Å². The molecule has 0 saturated carbocycles. The Labute approximate surface area is 117 Å². The van der Waals surface area contributed by atoms with E-state index in [0.717, 1.165) is 25.0 Å². The fourth-order valence-corrected chi connectivity index (χ4v) is 2.09. The molecule has 0 aromatic heterocycles. The third kappa shape index (κ3) is 4.36. The molecule has 0 fully saturated rings. The molecular weight excluding hydrogens is 232 g/mol. The lowest BCUT2D eigenvalue weighted by molar-refractivity contribution is 0.165. The van der Waals surface area contributed by atoms with E-state index in [4.69, 9.17) is 4.74 Å². The third-order valence-corrected chi connectivity index (χ3v) is 3.70. The van der Waals surface area contributed by atoms with Gasteiger partial charge in [-0.3, -0.25) is 0 Å². The lowest BCUT2D eigenvalue weighted by Gasteiger charge is -2.17. The Balaban J connectivity index is 1.79. The van der Waals surface area contributed by atoms with Crippen molar-refractivity contribution in [2.45, 2.75) is 32.6 Å². The molecular formula is C18H23O. The van der Waals surface area contributed by atoms with Crippen LogP contribution in [0.15, 0.2) is 54.6 Å². The maximum Gasteiger partial charge on any atom is 0.140 e. The van der Waals surface area contributed by atoms with Gasteiger partial charge in [0, 0.05) is 12.5 Å². The number of ether oxygens (including phenoxy) is 1. The highest BCUT2D eigenvalue weighted by Gasteiger charge is 2.12. The first-order chi connectivity index (χ1) is 9.29. The van der Waals surface area contributed by atoms with E-state index in [1.54, 1.807) is 0 Å². The van der Waals surface area contributed by atoms with Crippen LogP contribution in [0.2, 0.25) is 0 Å². The second-order valence-electron chi connectivity index (χ2n) is 5.21. The van der Waals surface area contributed by atoms with Gasteiger partial charge in [0.25, 0.3) is 0 Å². The van der Waals surface area contributed by atoms with Crippen molar-refractivity contribution in [3.63, 3.8) is 0 Å².